The monoisotopic (exact) mass is 150 g/mol. The van der Waals surface area contributed by atoms with Gasteiger partial charge in [0.15, 0.2) is 0 Å². The molecule has 1 aliphatic heterocycles. The quantitative estimate of drug-likeness (QED) is 0.553. The highest BCUT2D eigenvalue weighted by Crippen LogP contribution is 2.15. The van der Waals surface area contributed by atoms with Gasteiger partial charge < -0.3 is 0 Å². The third-order valence-corrected chi connectivity index (χ3v) is 1.99. The van der Waals surface area contributed by atoms with Crippen LogP contribution in [0.15, 0.2) is 47.3 Å². The topological polar surface area (TPSA) is 0 Å². The fourth-order valence-electron chi connectivity index (χ4n) is 0.680. The molecule has 0 fully saturated rings. The maximum Gasteiger partial charge on any atom is -0.00893 e. The van der Waals surface area contributed by atoms with E-state index in [2.05, 4.69) is 29.5 Å². The second kappa shape index (κ2) is 4.18. The Balaban J connectivity index is 2.67. The molecule has 1 heteroatoms. The summed E-state index contributed by atoms with van der Waals surface area (Å²) in [6.07, 6.45) is 9.13. The summed E-state index contributed by atoms with van der Waals surface area (Å²) in [4.78, 5) is 0. The van der Waals surface area contributed by atoms with Gasteiger partial charge in [-0.3, -0.25) is 0 Å². The summed E-state index contributed by atoms with van der Waals surface area (Å²) in [6, 6.07) is 0. The molecule has 0 N–H and O–H groups in total. The van der Waals surface area contributed by atoms with Gasteiger partial charge in [-0.05, 0) is 22.8 Å². The van der Waals surface area contributed by atoms with Gasteiger partial charge in [0.25, 0.3) is 0 Å². The molecule has 0 amide bonds. The highest BCUT2D eigenvalue weighted by atomic mass is 32.2. The van der Waals surface area contributed by atoms with Crippen LogP contribution in [0.2, 0.25) is 0 Å². The Morgan fingerprint density at radius 2 is 2.40 bits per heavy atom. The largest absolute Gasteiger partial charge is 0.106 e. The fraction of sp³-hybridized carbons (Fsp3) is 0.111. The minimum Gasteiger partial charge on any atom is -0.106 e. The van der Waals surface area contributed by atoms with E-state index in [1.165, 1.54) is 5.57 Å². The molecule has 0 unspecified atom stereocenters. The van der Waals surface area contributed by atoms with Gasteiger partial charge in [0.05, 0.1) is 0 Å². The Morgan fingerprint density at radius 1 is 1.50 bits per heavy atom. The van der Waals surface area contributed by atoms with Crippen LogP contribution in [0.25, 0.3) is 0 Å². The zero-order valence-electron chi connectivity index (χ0n) is 5.79. The molecule has 0 aliphatic carbocycles. The third-order valence-electron chi connectivity index (χ3n) is 1.24. The van der Waals surface area contributed by atoms with Gasteiger partial charge in [0.1, 0.15) is 0 Å². The van der Waals surface area contributed by atoms with Crippen LogP contribution >= 0.6 is 11.8 Å². The molecular formula is C9H10S. The van der Waals surface area contributed by atoms with E-state index < -0.39 is 0 Å². The van der Waals surface area contributed by atoms with Crippen LogP contribution in [0.1, 0.15) is 6.42 Å². The Kier molecular flexibility index (Phi) is 3.10. The SMILES string of the molecule is C=C/C1=C/S/C=C\C=C/C1. The van der Waals surface area contributed by atoms with Crippen LogP contribution in [0.5, 0.6) is 0 Å². The highest BCUT2D eigenvalue weighted by molar-refractivity contribution is 8.04. The number of rotatable bonds is 1. The first kappa shape index (κ1) is 7.42. The Bertz CT molecular complexity index is 197. The maximum absolute atomic E-state index is 3.72. The molecule has 0 nitrogen and oxygen atoms in total. The van der Waals surface area contributed by atoms with E-state index in [9.17, 15) is 0 Å². The van der Waals surface area contributed by atoms with Crippen LogP contribution in [0, 0.1) is 0 Å². The lowest BCUT2D eigenvalue weighted by Crippen LogP contribution is -1.73. The summed E-state index contributed by atoms with van der Waals surface area (Å²) in [5, 5.41) is 4.17. The molecular weight excluding hydrogens is 140 g/mol. The molecule has 0 spiro atoms. The van der Waals surface area contributed by atoms with Crippen molar-refractivity contribution in [3.05, 3.63) is 47.3 Å². The standard InChI is InChI=1S/C9H10S/c1-2-9-6-4-3-5-7-10-8-9/h2-5,7-8H,1,6H2/b4-3-,7-5-,9-8-. The molecule has 0 aromatic carbocycles. The van der Waals surface area contributed by atoms with Gasteiger partial charge in [-0.25, -0.2) is 0 Å². The summed E-state index contributed by atoms with van der Waals surface area (Å²) in [5.41, 5.74) is 1.28. The van der Waals surface area contributed by atoms with Gasteiger partial charge in [-0.1, -0.05) is 30.9 Å². The predicted octanol–water partition coefficient (Wildman–Crippen LogP) is 3.26. The summed E-state index contributed by atoms with van der Waals surface area (Å²) < 4.78 is 0. The second-order valence-electron chi connectivity index (χ2n) is 1.99. The Morgan fingerprint density at radius 3 is 3.20 bits per heavy atom. The Hall–Kier alpha value is -0.690. The van der Waals surface area contributed by atoms with Crippen LogP contribution < -0.4 is 0 Å². The lowest BCUT2D eigenvalue weighted by atomic mass is 10.2. The molecule has 52 valence electrons. The molecule has 0 aromatic rings. The van der Waals surface area contributed by atoms with E-state index in [0.717, 1.165) is 6.42 Å². The molecule has 0 saturated heterocycles. The van der Waals surface area contributed by atoms with E-state index in [1.807, 2.05) is 12.2 Å². The van der Waals surface area contributed by atoms with Crippen molar-refractivity contribution in [3.63, 3.8) is 0 Å². The first-order chi connectivity index (χ1) is 4.93. The van der Waals surface area contributed by atoms with Crippen LogP contribution in [-0.4, -0.2) is 0 Å². The number of hydrogen-bond acceptors (Lipinski definition) is 1. The van der Waals surface area contributed by atoms with Gasteiger partial charge in [-0.2, -0.15) is 0 Å². The number of allylic oxidation sites excluding steroid dienone is 5. The lowest BCUT2D eigenvalue weighted by molar-refractivity contribution is 1.30. The average molecular weight is 150 g/mol. The van der Waals surface area contributed by atoms with Gasteiger partial charge in [0.2, 0.25) is 0 Å². The molecule has 0 aromatic heterocycles. The minimum atomic E-state index is 1.00. The van der Waals surface area contributed by atoms with Gasteiger partial charge in [-0.15, -0.1) is 11.8 Å². The molecule has 1 heterocycles. The van der Waals surface area contributed by atoms with E-state index >= 15 is 0 Å². The zero-order chi connectivity index (χ0) is 7.23. The van der Waals surface area contributed by atoms with Crippen molar-refractivity contribution in [2.24, 2.45) is 0 Å². The van der Waals surface area contributed by atoms with Crippen molar-refractivity contribution in [1.29, 1.82) is 0 Å². The van der Waals surface area contributed by atoms with Crippen molar-refractivity contribution >= 4 is 11.8 Å². The first-order valence-corrected chi connectivity index (χ1v) is 4.16. The number of thioether (sulfide) groups is 1. The van der Waals surface area contributed by atoms with Crippen molar-refractivity contribution < 1.29 is 0 Å². The average Bonchev–Trinajstić information content (AvgIpc) is 1.87. The third kappa shape index (κ3) is 2.28. The smallest absolute Gasteiger partial charge is 0.00893 e. The zero-order valence-corrected chi connectivity index (χ0v) is 6.60. The van der Waals surface area contributed by atoms with E-state index in [-0.39, 0.29) is 0 Å². The number of hydrogen-bond donors (Lipinski definition) is 0. The van der Waals surface area contributed by atoms with Crippen molar-refractivity contribution in [1.82, 2.24) is 0 Å². The van der Waals surface area contributed by atoms with Crippen LogP contribution in [0.4, 0.5) is 0 Å². The van der Waals surface area contributed by atoms with Crippen molar-refractivity contribution in [2.75, 3.05) is 0 Å². The summed E-state index contributed by atoms with van der Waals surface area (Å²) in [5.74, 6) is 0. The first-order valence-electron chi connectivity index (χ1n) is 3.22. The summed E-state index contributed by atoms with van der Waals surface area (Å²) in [6.45, 7) is 3.72. The molecule has 1 rings (SSSR count). The molecule has 0 radical (unpaired) electrons. The highest BCUT2D eigenvalue weighted by Gasteiger charge is 1.87. The molecule has 1 aliphatic rings. The second-order valence-corrected chi connectivity index (χ2v) is 2.77. The van der Waals surface area contributed by atoms with Gasteiger partial charge >= 0.3 is 0 Å². The summed E-state index contributed by atoms with van der Waals surface area (Å²) in [7, 11) is 0. The normalized spacial score (nSPS) is 29.0. The van der Waals surface area contributed by atoms with E-state index in [0.29, 0.717) is 0 Å². The van der Waals surface area contributed by atoms with Crippen molar-refractivity contribution in [2.45, 2.75) is 6.42 Å². The minimum absolute atomic E-state index is 1.00. The maximum atomic E-state index is 3.72. The van der Waals surface area contributed by atoms with E-state index in [4.69, 9.17) is 0 Å². The molecule has 10 heavy (non-hydrogen) atoms. The predicted molar refractivity (Wildman–Crippen MR) is 48.8 cm³/mol. The van der Waals surface area contributed by atoms with Crippen LogP contribution in [0.3, 0.4) is 0 Å². The van der Waals surface area contributed by atoms with Crippen LogP contribution in [-0.2, 0) is 0 Å². The lowest BCUT2D eigenvalue weighted by Gasteiger charge is -1.96. The molecule has 0 bridgehead atoms. The van der Waals surface area contributed by atoms with Crippen molar-refractivity contribution in [3.8, 4) is 0 Å². The Labute approximate surface area is 66.0 Å². The fourth-order valence-corrected chi connectivity index (χ4v) is 1.31. The molecule has 0 saturated carbocycles. The van der Waals surface area contributed by atoms with Gasteiger partial charge in [0, 0.05) is 0 Å². The van der Waals surface area contributed by atoms with E-state index in [1.54, 1.807) is 11.8 Å². The molecule has 0 atom stereocenters. The summed E-state index contributed by atoms with van der Waals surface area (Å²) >= 11 is 1.70.